The van der Waals surface area contributed by atoms with E-state index >= 15 is 0 Å². The molecule has 8 heteroatoms. The Kier molecular flexibility index (Phi) is 6.86. The lowest BCUT2D eigenvalue weighted by Gasteiger charge is -2.30. The van der Waals surface area contributed by atoms with E-state index in [1.165, 1.54) is 30.2 Å². The van der Waals surface area contributed by atoms with Gasteiger partial charge in [-0.25, -0.2) is 13.8 Å². The summed E-state index contributed by atoms with van der Waals surface area (Å²) in [6.07, 6.45) is 8.33. The summed E-state index contributed by atoms with van der Waals surface area (Å²) in [6, 6.07) is 3.53. The fourth-order valence-electron chi connectivity index (χ4n) is 4.68. The summed E-state index contributed by atoms with van der Waals surface area (Å²) in [5.41, 5.74) is 2.60. The quantitative estimate of drug-likeness (QED) is 0.704. The highest BCUT2D eigenvalue weighted by molar-refractivity contribution is 5.94. The van der Waals surface area contributed by atoms with Gasteiger partial charge in [0, 0.05) is 37.8 Å². The molecule has 32 heavy (non-hydrogen) atoms. The third kappa shape index (κ3) is 5.16. The molecule has 4 rings (SSSR count). The first-order chi connectivity index (χ1) is 15.4. The molecule has 2 aliphatic rings. The lowest BCUT2D eigenvalue weighted by atomic mass is 9.86. The normalized spacial score (nSPS) is 20.4. The highest BCUT2D eigenvalue weighted by atomic mass is 19.2. The number of carbonyl (C=O) groups excluding carboxylic acids is 1. The van der Waals surface area contributed by atoms with Crippen LogP contribution >= 0.6 is 0 Å². The van der Waals surface area contributed by atoms with E-state index in [-0.39, 0.29) is 11.5 Å². The van der Waals surface area contributed by atoms with E-state index in [9.17, 15) is 13.6 Å². The zero-order valence-corrected chi connectivity index (χ0v) is 18.8. The van der Waals surface area contributed by atoms with E-state index < -0.39 is 11.6 Å². The summed E-state index contributed by atoms with van der Waals surface area (Å²) < 4.78 is 26.4. The number of anilines is 2. The largest absolute Gasteiger partial charge is 0.362 e. The molecule has 1 fully saturated rings. The van der Waals surface area contributed by atoms with Crippen LogP contribution in [0.3, 0.4) is 0 Å². The van der Waals surface area contributed by atoms with E-state index in [0.29, 0.717) is 24.5 Å². The first-order valence-corrected chi connectivity index (χ1v) is 11.5. The maximum absolute atomic E-state index is 13.3. The minimum Gasteiger partial charge on any atom is -0.362 e. The number of amides is 1. The first kappa shape index (κ1) is 22.4. The van der Waals surface area contributed by atoms with Crippen LogP contribution in [0.2, 0.25) is 0 Å². The summed E-state index contributed by atoms with van der Waals surface area (Å²) in [5.74, 6) is -0.235. The lowest BCUT2D eigenvalue weighted by Crippen LogP contribution is -2.34. The average molecular weight is 444 g/mol. The molecule has 1 amide bonds. The monoisotopic (exact) mass is 443 g/mol. The van der Waals surface area contributed by atoms with E-state index in [2.05, 4.69) is 15.5 Å². The van der Waals surface area contributed by atoms with Gasteiger partial charge in [0.2, 0.25) is 5.95 Å². The number of fused-ring (bicyclic) bond motifs is 1. The van der Waals surface area contributed by atoms with Gasteiger partial charge in [-0.1, -0.05) is 0 Å². The Morgan fingerprint density at radius 1 is 1.06 bits per heavy atom. The Balaban J connectivity index is 1.29. The molecule has 2 aromatic rings. The van der Waals surface area contributed by atoms with Gasteiger partial charge >= 0.3 is 0 Å². The van der Waals surface area contributed by atoms with Crippen molar-refractivity contribution in [3.8, 4) is 0 Å². The van der Waals surface area contributed by atoms with Crippen molar-refractivity contribution in [3.05, 3.63) is 46.7 Å². The average Bonchev–Trinajstić information content (AvgIpc) is 2.79. The predicted molar refractivity (Wildman–Crippen MR) is 121 cm³/mol. The van der Waals surface area contributed by atoms with Crippen LogP contribution in [0.15, 0.2) is 18.2 Å². The number of hydrogen-bond acceptors (Lipinski definition) is 5. The minimum absolute atomic E-state index is 0.139. The second-order valence-corrected chi connectivity index (χ2v) is 9.10. The zero-order valence-electron chi connectivity index (χ0n) is 18.8. The third-order valence-corrected chi connectivity index (χ3v) is 6.50. The molecule has 2 N–H and O–H groups in total. The molecule has 0 aliphatic heterocycles. The van der Waals surface area contributed by atoms with E-state index in [1.54, 1.807) is 0 Å². The highest BCUT2D eigenvalue weighted by Gasteiger charge is 2.24. The molecule has 1 saturated carbocycles. The summed E-state index contributed by atoms with van der Waals surface area (Å²) in [4.78, 5) is 23.9. The first-order valence-electron chi connectivity index (χ1n) is 11.5. The van der Waals surface area contributed by atoms with Gasteiger partial charge in [-0.05, 0) is 75.5 Å². The van der Waals surface area contributed by atoms with Crippen LogP contribution in [0.4, 0.5) is 20.5 Å². The SMILES string of the molecule is CN(C)c1nc(NC2CCC(CNC(=O)c3ccc(F)c(F)c3)CC2)nc2c1CCCC2. The van der Waals surface area contributed by atoms with E-state index in [4.69, 9.17) is 9.97 Å². The van der Waals surface area contributed by atoms with Gasteiger partial charge < -0.3 is 15.5 Å². The second-order valence-electron chi connectivity index (χ2n) is 9.10. The van der Waals surface area contributed by atoms with Gasteiger partial charge in [0.15, 0.2) is 11.6 Å². The van der Waals surface area contributed by atoms with Crippen LogP contribution in [-0.4, -0.2) is 42.6 Å². The van der Waals surface area contributed by atoms with E-state index in [0.717, 1.165) is 56.5 Å². The maximum Gasteiger partial charge on any atom is 0.251 e. The Hall–Kier alpha value is -2.77. The van der Waals surface area contributed by atoms with Crippen LogP contribution in [0, 0.1) is 17.6 Å². The molecule has 1 aromatic heterocycles. The van der Waals surface area contributed by atoms with Crippen LogP contribution in [-0.2, 0) is 12.8 Å². The molecule has 2 aliphatic carbocycles. The van der Waals surface area contributed by atoms with Gasteiger partial charge in [-0.15, -0.1) is 0 Å². The zero-order chi connectivity index (χ0) is 22.7. The number of nitrogens with zero attached hydrogens (tertiary/aromatic N) is 3. The topological polar surface area (TPSA) is 70.2 Å². The van der Waals surface area contributed by atoms with Crippen LogP contribution in [0.25, 0.3) is 0 Å². The molecule has 1 heterocycles. The van der Waals surface area contributed by atoms with E-state index in [1.807, 2.05) is 14.1 Å². The van der Waals surface area contributed by atoms with Crippen LogP contribution in [0.5, 0.6) is 0 Å². The summed E-state index contributed by atoms with van der Waals surface area (Å²) in [6.45, 7) is 0.532. The van der Waals surface area contributed by atoms with Crippen molar-refractivity contribution in [2.45, 2.75) is 57.4 Å². The molecular formula is C24H31F2N5O. The number of aryl methyl sites for hydroxylation is 1. The molecular weight excluding hydrogens is 412 g/mol. The molecule has 0 spiro atoms. The van der Waals surface area contributed by atoms with Crippen molar-refractivity contribution in [3.63, 3.8) is 0 Å². The predicted octanol–water partition coefficient (Wildman–Crippen LogP) is 4.10. The number of benzene rings is 1. The summed E-state index contributed by atoms with van der Waals surface area (Å²) >= 11 is 0. The van der Waals surface area contributed by atoms with Gasteiger partial charge in [0.05, 0.1) is 5.69 Å². The molecule has 172 valence electrons. The molecule has 0 unspecified atom stereocenters. The number of halogens is 2. The number of rotatable bonds is 6. The Labute approximate surface area is 187 Å². The fraction of sp³-hybridized carbons (Fsp3) is 0.542. The van der Waals surface area contributed by atoms with Gasteiger partial charge in [-0.2, -0.15) is 4.98 Å². The molecule has 0 saturated heterocycles. The van der Waals surface area contributed by atoms with Crippen molar-refractivity contribution in [2.75, 3.05) is 30.9 Å². The molecule has 1 aromatic carbocycles. The molecule has 6 nitrogen and oxygen atoms in total. The molecule has 0 atom stereocenters. The second kappa shape index (κ2) is 9.79. The molecule has 0 radical (unpaired) electrons. The fourth-order valence-corrected chi connectivity index (χ4v) is 4.68. The van der Waals surface area contributed by atoms with Crippen molar-refractivity contribution < 1.29 is 13.6 Å². The highest BCUT2D eigenvalue weighted by Crippen LogP contribution is 2.30. The van der Waals surface area contributed by atoms with Gasteiger partial charge in [-0.3, -0.25) is 4.79 Å². The minimum atomic E-state index is -1.01. The van der Waals surface area contributed by atoms with Crippen LogP contribution in [0.1, 0.15) is 60.1 Å². The Morgan fingerprint density at radius 3 is 2.53 bits per heavy atom. The van der Waals surface area contributed by atoms with Crippen molar-refractivity contribution in [2.24, 2.45) is 5.92 Å². The molecule has 0 bridgehead atoms. The number of carbonyl (C=O) groups is 1. The lowest BCUT2D eigenvalue weighted by molar-refractivity contribution is 0.0942. The standard InChI is InChI=1S/C24H31F2N5O/c1-31(2)22-18-5-3-4-6-21(18)29-24(30-22)28-17-10-7-15(8-11-17)14-27-23(32)16-9-12-19(25)20(26)13-16/h9,12-13,15,17H,3-8,10-11,14H2,1-2H3,(H,27,32)(H,28,29,30). The number of hydrogen-bond donors (Lipinski definition) is 2. The van der Waals surface area contributed by atoms with Gasteiger partial charge in [0.1, 0.15) is 5.82 Å². The van der Waals surface area contributed by atoms with Crippen molar-refractivity contribution in [1.29, 1.82) is 0 Å². The number of aromatic nitrogens is 2. The maximum atomic E-state index is 13.3. The summed E-state index contributed by atoms with van der Waals surface area (Å²) in [5, 5.41) is 6.39. The Bertz CT molecular complexity index is 973. The van der Waals surface area contributed by atoms with Gasteiger partial charge in [0.25, 0.3) is 5.91 Å². The summed E-state index contributed by atoms with van der Waals surface area (Å²) in [7, 11) is 4.06. The van der Waals surface area contributed by atoms with Crippen molar-refractivity contribution >= 4 is 17.7 Å². The third-order valence-electron chi connectivity index (χ3n) is 6.50. The van der Waals surface area contributed by atoms with Crippen LogP contribution < -0.4 is 15.5 Å². The smallest absolute Gasteiger partial charge is 0.251 e. The number of nitrogens with one attached hydrogen (secondary N) is 2. The van der Waals surface area contributed by atoms with Crippen molar-refractivity contribution in [1.82, 2.24) is 15.3 Å². The Morgan fingerprint density at radius 2 is 1.81 bits per heavy atom.